The Morgan fingerprint density at radius 3 is 2.54 bits per heavy atom. The summed E-state index contributed by atoms with van der Waals surface area (Å²) in [5.74, 6) is 0.718. The van der Waals surface area contributed by atoms with Crippen molar-refractivity contribution in [2.24, 2.45) is 5.10 Å². The molecular formula is C22H26ClN3O2. The first-order valence-corrected chi connectivity index (χ1v) is 9.96. The third kappa shape index (κ3) is 4.21. The highest BCUT2D eigenvalue weighted by atomic mass is 35.5. The van der Waals surface area contributed by atoms with Gasteiger partial charge in [-0.3, -0.25) is 9.69 Å². The van der Waals surface area contributed by atoms with Crippen LogP contribution in [0.25, 0.3) is 0 Å². The van der Waals surface area contributed by atoms with Gasteiger partial charge in [0.15, 0.2) is 0 Å². The Morgan fingerprint density at radius 1 is 1.18 bits per heavy atom. The van der Waals surface area contributed by atoms with Gasteiger partial charge >= 0.3 is 0 Å². The molecule has 3 rings (SSSR count). The summed E-state index contributed by atoms with van der Waals surface area (Å²) in [6, 6.07) is 15.2. The van der Waals surface area contributed by atoms with Gasteiger partial charge in [0.05, 0.1) is 25.4 Å². The molecular weight excluding hydrogens is 374 g/mol. The quantitative estimate of drug-likeness (QED) is 0.694. The summed E-state index contributed by atoms with van der Waals surface area (Å²) in [5, 5.41) is 6.96. The molecule has 0 radical (unpaired) electrons. The molecule has 1 amide bonds. The van der Waals surface area contributed by atoms with Gasteiger partial charge in [-0.05, 0) is 36.9 Å². The van der Waals surface area contributed by atoms with E-state index in [1.807, 2.05) is 48.5 Å². The first-order valence-electron chi connectivity index (χ1n) is 9.58. The fourth-order valence-corrected chi connectivity index (χ4v) is 3.75. The highest BCUT2D eigenvalue weighted by Crippen LogP contribution is 2.37. The SMILES string of the molecule is CCN(CC)CC(=O)N1N=C(c2ccccc2OC)C[C@H]1c1ccccc1Cl. The standard InChI is InChI=1S/C22H26ClN3O2/c1-4-25(5-2)15-22(27)26-20(16-10-6-8-12-18(16)23)14-19(24-26)17-11-7-9-13-21(17)28-3/h6-13,20H,4-5,14-15H2,1-3H3/t20-/m0/s1. The molecule has 5 nitrogen and oxygen atoms in total. The van der Waals surface area contributed by atoms with Gasteiger partial charge in [0.2, 0.25) is 0 Å². The number of methoxy groups -OCH3 is 1. The number of hydrogen-bond acceptors (Lipinski definition) is 4. The van der Waals surface area contributed by atoms with Crippen LogP contribution in [-0.4, -0.2) is 48.3 Å². The van der Waals surface area contributed by atoms with Gasteiger partial charge in [-0.15, -0.1) is 0 Å². The topological polar surface area (TPSA) is 45.1 Å². The lowest BCUT2D eigenvalue weighted by molar-refractivity contribution is -0.134. The molecule has 2 aromatic rings. The lowest BCUT2D eigenvalue weighted by Crippen LogP contribution is -2.38. The molecule has 1 heterocycles. The minimum absolute atomic E-state index is 0.0292. The summed E-state index contributed by atoms with van der Waals surface area (Å²) in [6.07, 6.45) is 0.591. The lowest BCUT2D eigenvalue weighted by atomic mass is 9.98. The molecule has 1 atom stereocenters. The maximum absolute atomic E-state index is 13.1. The number of amides is 1. The third-order valence-corrected chi connectivity index (χ3v) is 5.45. The summed E-state index contributed by atoms with van der Waals surface area (Å²) in [6.45, 7) is 6.06. The minimum atomic E-state index is -0.225. The van der Waals surface area contributed by atoms with Crippen molar-refractivity contribution in [1.82, 2.24) is 9.91 Å². The smallest absolute Gasteiger partial charge is 0.257 e. The third-order valence-electron chi connectivity index (χ3n) is 5.10. The second-order valence-electron chi connectivity index (χ2n) is 6.69. The van der Waals surface area contributed by atoms with Crippen molar-refractivity contribution in [3.63, 3.8) is 0 Å². The van der Waals surface area contributed by atoms with E-state index < -0.39 is 0 Å². The number of hydrazone groups is 1. The molecule has 1 aliphatic rings. The molecule has 0 aromatic heterocycles. The second-order valence-corrected chi connectivity index (χ2v) is 7.10. The Kier molecular flexibility index (Phi) is 6.70. The number of likely N-dealkylation sites (N-methyl/N-ethyl adjacent to an activating group) is 1. The molecule has 28 heavy (non-hydrogen) atoms. The van der Waals surface area contributed by atoms with Gasteiger partial charge in [-0.2, -0.15) is 5.10 Å². The average Bonchev–Trinajstić information content (AvgIpc) is 3.17. The minimum Gasteiger partial charge on any atom is -0.496 e. The van der Waals surface area contributed by atoms with Gasteiger partial charge in [-0.25, -0.2) is 5.01 Å². The van der Waals surface area contributed by atoms with E-state index in [0.717, 1.165) is 35.7 Å². The van der Waals surface area contributed by atoms with E-state index in [0.29, 0.717) is 18.0 Å². The number of carbonyl (C=O) groups is 1. The van der Waals surface area contributed by atoms with Gasteiger partial charge in [0.1, 0.15) is 5.75 Å². The number of halogens is 1. The number of ether oxygens (including phenoxy) is 1. The van der Waals surface area contributed by atoms with Crippen LogP contribution >= 0.6 is 11.6 Å². The van der Waals surface area contributed by atoms with Gasteiger partial charge in [0, 0.05) is 17.0 Å². The van der Waals surface area contributed by atoms with Gasteiger partial charge in [0.25, 0.3) is 5.91 Å². The Hall–Kier alpha value is -2.37. The first kappa shape index (κ1) is 20.4. The maximum Gasteiger partial charge on any atom is 0.257 e. The van der Waals surface area contributed by atoms with Gasteiger partial charge in [-0.1, -0.05) is 55.8 Å². The van der Waals surface area contributed by atoms with Crippen LogP contribution in [0.3, 0.4) is 0 Å². The fourth-order valence-electron chi connectivity index (χ4n) is 3.48. The number of benzene rings is 2. The van der Waals surface area contributed by atoms with Gasteiger partial charge < -0.3 is 4.74 Å². The van der Waals surface area contributed by atoms with Crippen molar-refractivity contribution >= 4 is 23.2 Å². The molecule has 0 bridgehead atoms. The summed E-state index contributed by atoms with van der Waals surface area (Å²) in [7, 11) is 1.64. The summed E-state index contributed by atoms with van der Waals surface area (Å²) < 4.78 is 5.50. The van der Waals surface area contributed by atoms with E-state index >= 15 is 0 Å². The van der Waals surface area contributed by atoms with E-state index in [2.05, 4.69) is 18.7 Å². The van der Waals surface area contributed by atoms with Crippen LogP contribution in [0.4, 0.5) is 0 Å². The average molecular weight is 400 g/mol. The number of carbonyl (C=O) groups excluding carboxylic acids is 1. The molecule has 0 saturated heterocycles. The van der Waals surface area contributed by atoms with Crippen LogP contribution in [0.5, 0.6) is 5.75 Å². The summed E-state index contributed by atoms with van der Waals surface area (Å²) in [4.78, 5) is 15.2. The normalized spacial score (nSPS) is 16.4. The Bertz CT molecular complexity index is 864. The van der Waals surface area contributed by atoms with E-state index in [9.17, 15) is 4.79 Å². The molecule has 2 aromatic carbocycles. The Balaban J connectivity index is 1.98. The maximum atomic E-state index is 13.1. The van der Waals surface area contributed by atoms with E-state index in [1.165, 1.54) is 0 Å². The van der Waals surface area contributed by atoms with Crippen molar-refractivity contribution in [1.29, 1.82) is 0 Å². The van der Waals surface area contributed by atoms with Crippen molar-refractivity contribution in [3.8, 4) is 5.75 Å². The highest BCUT2D eigenvalue weighted by Gasteiger charge is 2.35. The number of nitrogens with zero attached hydrogens (tertiary/aromatic N) is 3. The summed E-state index contributed by atoms with van der Waals surface area (Å²) in [5.41, 5.74) is 2.64. The van der Waals surface area contributed by atoms with Crippen molar-refractivity contribution < 1.29 is 9.53 Å². The van der Waals surface area contributed by atoms with Crippen LogP contribution in [0, 0.1) is 0 Å². The molecule has 0 saturated carbocycles. The predicted octanol–water partition coefficient (Wildman–Crippen LogP) is 4.37. The van der Waals surface area contributed by atoms with Crippen LogP contribution < -0.4 is 4.74 Å². The number of rotatable bonds is 7. The van der Waals surface area contributed by atoms with Crippen LogP contribution in [0.15, 0.2) is 53.6 Å². The van der Waals surface area contributed by atoms with Crippen molar-refractivity contribution in [2.45, 2.75) is 26.3 Å². The van der Waals surface area contributed by atoms with E-state index in [4.69, 9.17) is 21.4 Å². The van der Waals surface area contributed by atoms with Crippen molar-refractivity contribution in [3.05, 3.63) is 64.7 Å². The zero-order valence-corrected chi connectivity index (χ0v) is 17.3. The van der Waals surface area contributed by atoms with E-state index in [-0.39, 0.29) is 11.9 Å². The monoisotopic (exact) mass is 399 g/mol. The molecule has 0 unspecified atom stereocenters. The molecule has 148 valence electrons. The number of hydrogen-bond donors (Lipinski definition) is 0. The molecule has 1 aliphatic heterocycles. The van der Waals surface area contributed by atoms with Crippen LogP contribution in [0.2, 0.25) is 5.02 Å². The Labute approximate surface area is 171 Å². The molecule has 6 heteroatoms. The van der Waals surface area contributed by atoms with Crippen LogP contribution in [-0.2, 0) is 4.79 Å². The largest absolute Gasteiger partial charge is 0.496 e. The molecule has 0 aliphatic carbocycles. The van der Waals surface area contributed by atoms with E-state index in [1.54, 1.807) is 12.1 Å². The zero-order chi connectivity index (χ0) is 20.1. The highest BCUT2D eigenvalue weighted by molar-refractivity contribution is 6.31. The predicted molar refractivity (Wildman–Crippen MR) is 113 cm³/mol. The lowest BCUT2D eigenvalue weighted by Gasteiger charge is -2.26. The molecule has 0 fully saturated rings. The second kappa shape index (κ2) is 9.22. The van der Waals surface area contributed by atoms with Crippen LogP contribution in [0.1, 0.15) is 37.4 Å². The molecule has 0 spiro atoms. The zero-order valence-electron chi connectivity index (χ0n) is 16.6. The fraction of sp³-hybridized carbons (Fsp3) is 0.364. The summed E-state index contributed by atoms with van der Waals surface area (Å²) >= 11 is 6.46. The molecule has 0 N–H and O–H groups in total. The first-order chi connectivity index (χ1) is 13.6. The van der Waals surface area contributed by atoms with Crippen molar-refractivity contribution in [2.75, 3.05) is 26.7 Å². The Morgan fingerprint density at radius 2 is 1.86 bits per heavy atom. The number of para-hydroxylation sites is 1.